The minimum atomic E-state index is -0.304. The molecule has 0 radical (unpaired) electrons. The Labute approximate surface area is 78.1 Å². The molecule has 3 heteroatoms. The van der Waals surface area contributed by atoms with Crippen LogP contribution in [-0.2, 0) is 9.53 Å². The van der Waals surface area contributed by atoms with E-state index in [1.54, 1.807) is 0 Å². The van der Waals surface area contributed by atoms with Gasteiger partial charge in [-0.25, -0.2) is 0 Å². The second-order valence-electron chi connectivity index (χ2n) is 4.86. The lowest BCUT2D eigenvalue weighted by Crippen LogP contribution is -2.39. The first-order chi connectivity index (χ1) is 5.94. The van der Waals surface area contributed by atoms with Gasteiger partial charge in [-0.3, -0.25) is 4.79 Å². The van der Waals surface area contributed by atoms with E-state index in [2.05, 4.69) is 0 Å². The zero-order valence-electron chi connectivity index (χ0n) is 8.28. The normalized spacial score (nSPS) is 45.5. The van der Waals surface area contributed by atoms with Gasteiger partial charge in [-0.1, -0.05) is 13.8 Å². The molecule has 0 aromatic carbocycles. The molecule has 74 valence electrons. The topological polar surface area (TPSA) is 46.5 Å². The van der Waals surface area contributed by atoms with Crippen LogP contribution in [0.3, 0.4) is 0 Å². The monoisotopic (exact) mass is 184 g/mol. The molecule has 3 nitrogen and oxygen atoms in total. The summed E-state index contributed by atoms with van der Waals surface area (Å²) in [6.45, 7) is 5.37. The van der Waals surface area contributed by atoms with Crippen molar-refractivity contribution in [3.05, 3.63) is 0 Å². The third-order valence-electron chi connectivity index (χ3n) is 3.47. The highest BCUT2D eigenvalue weighted by atomic mass is 16.5. The van der Waals surface area contributed by atoms with Gasteiger partial charge >= 0.3 is 5.97 Å². The SMILES string of the molecule is CC(=O)OC1C2CC2C(O)C1(C)C. The van der Waals surface area contributed by atoms with Crippen molar-refractivity contribution in [2.24, 2.45) is 17.3 Å². The van der Waals surface area contributed by atoms with Crippen LogP contribution >= 0.6 is 0 Å². The number of hydrogen-bond acceptors (Lipinski definition) is 3. The van der Waals surface area contributed by atoms with Gasteiger partial charge in [0.15, 0.2) is 0 Å². The molecule has 2 aliphatic carbocycles. The first-order valence-electron chi connectivity index (χ1n) is 4.80. The number of carbonyl (C=O) groups is 1. The summed E-state index contributed by atoms with van der Waals surface area (Å²) in [5.41, 5.74) is -0.265. The van der Waals surface area contributed by atoms with E-state index in [-0.39, 0.29) is 23.6 Å². The van der Waals surface area contributed by atoms with Crippen molar-refractivity contribution >= 4 is 5.97 Å². The van der Waals surface area contributed by atoms with Crippen LogP contribution in [-0.4, -0.2) is 23.3 Å². The lowest BCUT2D eigenvalue weighted by Gasteiger charge is -2.32. The van der Waals surface area contributed by atoms with Gasteiger partial charge in [-0.2, -0.15) is 0 Å². The lowest BCUT2D eigenvalue weighted by molar-refractivity contribution is -0.155. The Balaban J connectivity index is 2.14. The average Bonchev–Trinajstić information content (AvgIpc) is 2.72. The number of aliphatic hydroxyl groups excluding tert-OH is 1. The Morgan fingerprint density at radius 2 is 2.08 bits per heavy atom. The van der Waals surface area contributed by atoms with Gasteiger partial charge in [-0.15, -0.1) is 0 Å². The molecule has 0 aliphatic heterocycles. The summed E-state index contributed by atoms with van der Waals surface area (Å²) >= 11 is 0. The van der Waals surface area contributed by atoms with E-state index in [0.717, 1.165) is 6.42 Å². The van der Waals surface area contributed by atoms with E-state index in [9.17, 15) is 9.90 Å². The van der Waals surface area contributed by atoms with Gasteiger partial charge in [-0.05, 0) is 12.3 Å². The first-order valence-corrected chi connectivity index (χ1v) is 4.80. The van der Waals surface area contributed by atoms with Gasteiger partial charge in [0.2, 0.25) is 0 Å². The summed E-state index contributed by atoms with van der Waals surface area (Å²) in [5.74, 6) is 0.547. The van der Waals surface area contributed by atoms with Crippen LogP contribution in [0.15, 0.2) is 0 Å². The Hall–Kier alpha value is -0.570. The van der Waals surface area contributed by atoms with Crippen LogP contribution in [0.1, 0.15) is 27.2 Å². The van der Waals surface area contributed by atoms with Crippen molar-refractivity contribution in [2.45, 2.75) is 39.4 Å². The zero-order valence-corrected chi connectivity index (χ0v) is 8.28. The molecule has 0 bridgehead atoms. The van der Waals surface area contributed by atoms with Crippen molar-refractivity contribution in [2.75, 3.05) is 0 Å². The molecule has 13 heavy (non-hydrogen) atoms. The average molecular weight is 184 g/mol. The largest absolute Gasteiger partial charge is 0.462 e. The lowest BCUT2D eigenvalue weighted by atomic mass is 9.83. The van der Waals surface area contributed by atoms with Gasteiger partial charge < -0.3 is 9.84 Å². The number of hydrogen-bond donors (Lipinski definition) is 1. The Bertz CT molecular complexity index is 247. The Morgan fingerprint density at radius 1 is 1.46 bits per heavy atom. The molecule has 1 N–H and O–H groups in total. The minimum Gasteiger partial charge on any atom is -0.462 e. The highest BCUT2D eigenvalue weighted by Gasteiger charge is 2.64. The molecule has 0 heterocycles. The number of carbonyl (C=O) groups excluding carboxylic acids is 1. The van der Waals surface area contributed by atoms with Gasteiger partial charge in [0.25, 0.3) is 0 Å². The summed E-state index contributed by atoms with van der Waals surface area (Å²) in [7, 11) is 0. The molecule has 2 fully saturated rings. The van der Waals surface area contributed by atoms with Gasteiger partial charge in [0.05, 0.1) is 6.10 Å². The maximum absolute atomic E-state index is 10.9. The van der Waals surface area contributed by atoms with Crippen molar-refractivity contribution < 1.29 is 14.6 Å². The fourth-order valence-electron chi connectivity index (χ4n) is 2.64. The summed E-state index contributed by atoms with van der Waals surface area (Å²) in [5, 5.41) is 9.86. The second-order valence-corrected chi connectivity index (χ2v) is 4.86. The highest BCUT2D eigenvalue weighted by Crippen LogP contribution is 2.60. The van der Waals surface area contributed by atoms with Gasteiger partial charge in [0.1, 0.15) is 6.10 Å². The number of fused-ring (bicyclic) bond motifs is 1. The quantitative estimate of drug-likeness (QED) is 0.617. The zero-order chi connectivity index (χ0) is 9.80. The first kappa shape index (κ1) is 9.00. The van der Waals surface area contributed by atoms with Crippen LogP contribution in [0.25, 0.3) is 0 Å². The van der Waals surface area contributed by atoms with E-state index in [4.69, 9.17) is 4.74 Å². The maximum Gasteiger partial charge on any atom is 0.302 e. The smallest absolute Gasteiger partial charge is 0.302 e. The molecule has 0 spiro atoms. The number of rotatable bonds is 1. The fraction of sp³-hybridized carbons (Fsp3) is 0.900. The van der Waals surface area contributed by atoms with Crippen molar-refractivity contribution in [1.82, 2.24) is 0 Å². The predicted octanol–water partition coefficient (Wildman–Crippen LogP) is 0.955. The molecule has 0 aromatic rings. The van der Waals surface area contributed by atoms with Crippen molar-refractivity contribution in [3.63, 3.8) is 0 Å². The number of esters is 1. The molecule has 0 saturated heterocycles. The predicted molar refractivity (Wildman–Crippen MR) is 46.9 cm³/mol. The summed E-state index contributed by atoms with van der Waals surface area (Å²) < 4.78 is 5.25. The number of ether oxygens (including phenoxy) is 1. The van der Waals surface area contributed by atoms with E-state index in [1.807, 2.05) is 13.8 Å². The molecule has 0 aromatic heterocycles. The van der Waals surface area contributed by atoms with Crippen LogP contribution in [0, 0.1) is 17.3 Å². The van der Waals surface area contributed by atoms with Crippen LogP contribution < -0.4 is 0 Å². The summed E-state index contributed by atoms with van der Waals surface area (Å²) in [4.78, 5) is 10.9. The third kappa shape index (κ3) is 1.17. The van der Waals surface area contributed by atoms with Crippen LogP contribution in [0.4, 0.5) is 0 Å². The van der Waals surface area contributed by atoms with Crippen LogP contribution in [0.2, 0.25) is 0 Å². The maximum atomic E-state index is 10.9. The van der Waals surface area contributed by atoms with Crippen molar-refractivity contribution in [3.8, 4) is 0 Å². The Morgan fingerprint density at radius 3 is 2.46 bits per heavy atom. The molecular weight excluding hydrogens is 168 g/mol. The minimum absolute atomic E-state index is 0.0787. The molecule has 4 atom stereocenters. The van der Waals surface area contributed by atoms with E-state index < -0.39 is 0 Å². The van der Waals surface area contributed by atoms with Crippen LogP contribution in [0.5, 0.6) is 0 Å². The highest BCUT2D eigenvalue weighted by molar-refractivity contribution is 5.66. The number of aliphatic hydroxyl groups is 1. The molecule has 4 unspecified atom stereocenters. The van der Waals surface area contributed by atoms with E-state index >= 15 is 0 Å². The molecule has 2 saturated carbocycles. The third-order valence-corrected chi connectivity index (χ3v) is 3.47. The van der Waals surface area contributed by atoms with E-state index in [0.29, 0.717) is 11.8 Å². The Kier molecular flexibility index (Phi) is 1.71. The summed E-state index contributed by atoms with van der Waals surface area (Å²) in [6.07, 6.45) is 0.634. The van der Waals surface area contributed by atoms with Crippen molar-refractivity contribution in [1.29, 1.82) is 0 Å². The molecule has 2 rings (SSSR count). The summed E-state index contributed by atoms with van der Waals surface area (Å²) in [6, 6.07) is 0. The second kappa shape index (κ2) is 2.47. The molecule has 2 aliphatic rings. The molecule has 0 amide bonds. The van der Waals surface area contributed by atoms with E-state index in [1.165, 1.54) is 6.92 Å². The molecular formula is C10H16O3. The van der Waals surface area contributed by atoms with Gasteiger partial charge in [0, 0.05) is 18.3 Å². The fourth-order valence-corrected chi connectivity index (χ4v) is 2.64. The standard InChI is InChI=1S/C10H16O3/c1-5(11)13-9-7-4-6(7)8(12)10(9,2)3/h6-9,12H,4H2,1-3H3.